The molecular formula is C19H29FN2O2. The first-order valence-corrected chi connectivity index (χ1v) is 9.11. The van der Waals surface area contributed by atoms with Gasteiger partial charge in [-0.3, -0.25) is 4.79 Å². The lowest BCUT2D eigenvalue weighted by Gasteiger charge is -2.20. The third-order valence-electron chi connectivity index (χ3n) is 4.40. The van der Waals surface area contributed by atoms with E-state index in [0.717, 1.165) is 13.0 Å². The molecule has 0 spiro atoms. The third kappa shape index (κ3) is 6.48. The highest BCUT2D eigenvalue weighted by atomic mass is 19.1. The number of carbonyl (C=O) groups excluding carboxylic acids is 1. The van der Waals surface area contributed by atoms with Crippen molar-refractivity contribution in [3.05, 3.63) is 30.1 Å². The lowest BCUT2D eigenvalue weighted by Crippen LogP contribution is -2.39. The molecule has 4 nitrogen and oxygen atoms in total. The number of carbonyl (C=O) groups is 1. The van der Waals surface area contributed by atoms with Crippen molar-refractivity contribution >= 4 is 5.91 Å². The van der Waals surface area contributed by atoms with Crippen LogP contribution in [0.25, 0.3) is 0 Å². The van der Waals surface area contributed by atoms with Gasteiger partial charge in [0.1, 0.15) is 11.6 Å². The van der Waals surface area contributed by atoms with Gasteiger partial charge in [0.2, 0.25) is 0 Å². The minimum Gasteiger partial charge on any atom is -0.481 e. The van der Waals surface area contributed by atoms with Crippen LogP contribution in [0.2, 0.25) is 0 Å². The van der Waals surface area contributed by atoms with E-state index in [-0.39, 0.29) is 11.7 Å². The average Bonchev–Trinajstić information content (AvgIpc) is 2.87. The first kappa shape index (κ1) is 18.7. The first-order chi connectivity index (χ1) is 11.7. The summed E-state index contributed by atoms with van der Waals surface area (Å²) in [5.41, 5.74) is 0. The standard InChI is InChI=1S/C19H29FN2O2/c1-2-18(24-17-10-8-16(20)9-11-17)19(23)21-12-7-15-22-13-5-3-4-6-14-22/h8-11,18H,2-7,12-15H2,1H3,(H,21,23)/t18-/m0/s1. The van der Waals surface area contributed by atoms with Crippen LogP contribution in [-0.4, -0.2) is 43.1 Å². The molecule has 1 aromatic carbocycles. The second-order valence-corrected chi connectivity index (χ2v) is 6.37. The average molecular weight is 336 g/mol. The molecule has 1 heterocycles. The Bertz CT molecular complexity index is 485. The van der Waals surface area contributed by atoms with Crippen molar-refractivity contribution in [2.24, 2.45) is 0 Å². The van der Waals surface area contributed by atoms with Crippen LogP contribution in [0.3, 0.4) is 0 Å². The Morgan fingerprint density at radius 2 is 1.88 bits per heavy atom. The van der Waals surface area contributed by atoms with Crippen LogP contribution >= 0.6 is 0 Å². The van der Waals surface area contributed by atoms with Crippen molar-refractivity contribution in [1.82, 2.24) is 10.2 Å². The molecule has 1 aromatic rings. The van der Waals surface area contributed by atoms with Crippen molar-refractivity contribution in [3.63, 3.8) is 0 Å². The van der Waals surface area contributed by atoms with Gasteiger partial charge in [-0.05, 0) is 69.6 Å². The predicted molar refractivity (Wildman–Crippen MR) is 93.6 cm³/mol. The number of nitrogens with one attached hydrogen (secondary N) is 1. The Labute approximate surface area is 144 Å². The number of hydrogen-bond acceptors (Lipinski definition) is 3. The molecule has 0 bridgehead atoms. The fraction of sp³-hybridized carbons (Fsp3) is 0.632. The molecule has 5 heteroatoms. The van der Waals surface area contributed by atoms with Gasteiger partial charge < -0.3 is 15.0 Å². The zero-order valence-electron chi connectivity index (χ0n) is 14.6. The van der Waals surface area contributed by atoms with E-state index in [4.69, 9.17) is 4.74 Å². The molecule has 1 atom stereocenters. The third-order valence-corrected chi connectivity index (χ3v) is 4.40. The number of ether oxygens (including phenoxy) is 1. The molecule has 24 heavy (non-hydrogen) atoms. The van der Waals surface area contributed by atoms with Crippen molar-refractivity contribution in [2.45, 2.75) is 51.6 Å². The van der Waals surface area contributed by atoms with Gasteiger partial charge in [-0.1, -0.05) is 19.8 Å². The minimum absolute atomic E-state index is 0.0994. The number of amides is 1. The number of likely N-dealkylation sites (tertiary alicyclic amines) is 1. The molecule has 0 aromatic heterocycles. The fourth-order valence-corrected chi connectivity index (χ4v) is 2.99. The summed E-state index contributed by atoms with van der Waals surface area (Å²) in [5.74, 6) is 0.106. The number of rotatable bonds is 8. The Hall–Kier alpha value is -1.62. The van der Waals surface area contributed by atoms with E-state index in [9.17, 15) is 9.18 Å². The second-order valence-electron chi connectivity index (χ2n) is 6.37. The van der Waals surface area contributed by atoms with Crippen molar-refractivity contribution in [1.29, 1.82) is 0 Å². The quantitative estimate of drug-likeness (QED) is 0.740. The van der Waals surface area contributed by atoms with E-state index in [0.29, 0.717) is 18.7 Å². The molecular weight excluding hydrogens is 307 g/mol. The molecule has 1 aliphatic rings. The van der Waals surface area contributed by atoms with Crippen molar-refractivity contribution in [2.75, 3.05) is 26.2 Å². The predicted octanol–water partition coefficient (Wildman–Crippen LogP) is 3.37. The van der Waals surface area contributed by atoms with Crippen molar-refractivity contribution < 1.29 is 13.9 Å². The Morgan fingerprint density at radius 1 is 1.21 bits per heavy atom. The van der Waals surface area contributed by atoms with E-state index in [2.05, 4.69) is 10.2 Å². The SMILES string of the molecule is CC[C@H](Oc1ccc(F)cc1)C(=O)NCCCN1CCCCCC1. The number of halogens is 1. The Kier molecular flexibility index (Phi) is 8.02. The molecule has 0 aliphatic carbocycles. The molecule has 1 aliphatic heterocycles. The van der Waals surface area contributed by atoms with Gasteiger partial charge in [-0.2, -0.15) is 0 Å². The maximum absolute atomic E-state index is 12.9. The summed E-state index contributed by atoms with van der Waals surface area (Å²) in [7, 11) is 0. The molecule has 1 fully saturated rings. The Balaban J connectivity index is 1.68. The van der Waals surface area contributed by atoms with E-state index in [1.165, 1.54) is 50.9 Å². The number of benzene rings is 1. The van der Waals surface area contributed by atoms with Gasteiger partial charge in [0, 0.05) is 6.54 Å². The van der Waals surface area contributed by atoms with Crippen LogP contribution < -0.4 is 10.1 Å². The molecule has 134 valence electrons. The maximum Gasteiger partial charge on any atom is 0.261 e. The summed E-state index contributed by atoms with van der Waals surface area (Å²) in [5, 5.41) is 2.96. The summed E-state index contributed by atoms with van der Waals surface area (Å²) in [4.78, 5) is 14.7. The van der Waals surface area contributed by atoms with Crippen LogP contribution in [-0.2, 0) is 4.79 Å². The lowest BCUT2D eigenvalue weighted by molar-refractivity contribution is -0.128. The van der Waals surface area contributed by atoms with Crippen LogP contribution in [0.1, 0.15) is 45.4 Å². The summed E-state index contributed by atoms with van der Waals surface area (Å²) >= 11 is 0. The zero-order valence-corrected chi connectivity index (χ0v) is 14.6. The van der Waals surface area contributed by atoms with Gasteiger partial charge in [0.15, 0.2) is 6.10 Å². The molecule has 0 saturated carbocycles. The Morgan fingerprint density at radius 3 is 2.50 bits per heavy atom. The first-order valence-electron chi connectivity index (χ1n) is 9.11. The van der Waals surface area contributed by atoms with Crippen LogP contribution in [0.15, 0.2) is 24.3 Å². The topological polar surface area (TPSA) is 41.6 Å². The fourth-order valence-electron chi connectivity index (χ4n) is 2.99. The van der Waals surface area contributed by atoms with E-state index in [1.807, 2.05) is 6.92 Å². The molecule has 0 radical (unpaired) electrons. The van der Waals surface area contributed by atoms with Gasteiger partial charge >= 0.3 is 0 Å². The molecule has 2 rings (SSSR count). The molecule has 0 unspecified atom stereocenters. The van der Waals surface area contributed by atoms with Crippen molar-refractivity contribution in [3.8, 4) is 5.75 Å². The summed E-state index contributed by atoms with van der Waals surface area (Å²) in [6.07, 6.45) is 6.26. The van der Waals surface area contributed by atoms with Gasteiger partial charge in [-0.25, -0.2) is 4.39 Å². The molecule has 1 amide bonds. The lowest BCUT2D eigenvalue weighted by atomic mass is 10.2. The summed E-state index contributed by atoms with van der Waals surface area (Å²) in [6.45, 7) is 5.97. The van der Waals surface area contributed by atoms with E-state index >= 15 is 0 Å². The number of hydrogen-bond donors (Lipinski definition) is 1. The summed E-state index contributed by atoms with van der Waals surface area (Å²) < 4.78 is 18.6. The van der Waals surface area contributed by atoms with Gasteiger partial charge in [0.05, 0.1) is 0 Å². The van der Waals surface area contributed by atoms with Crippen LogP contribution in [0, 0.1) is 5.82 Å². The normalized spacial score (nSPS) is 17.1. The van der Waals surface area contributed by atoms with Gasteiger partial charge in [0.25, 0.3) is 5.91 Å². The highest BCUT2D eigenvalue weighted by molar-refractivity contribution is 5.81. The highest BCUT2D eigenvalue weighted by Gasteiger charge is 2.18. The zero-order chi connectivity index (χ0) is 17.2. The summed E-state index contributed by atoms with van der Waals surface area (Å²) in [6, 6.07) is 5.76. The maximum atomic E-state index is 12.9. The highest BCUT2D eigenvalue weighted by Crippen LogP contribution is 2.14. The molecule has 1 saturated heterocycles. The monoisotopic (exact) mass is 336 g/mol. The second kappa shape index (κ2) is 10.3. The van der Waals surface area contributed by atoms with Crippen LogP contribution in [0.5, 0.6) is 5.75 Å². The smallest absolute Gasteiger partial charge is 0.261 e. The largest absolute Gasteiger partial charge is 0.481 e. The molecule has 1 N–H and O–H groups in total. The van der Waals surface area contributed by atoms with Gasteiger partial charge in [-0.15, -0.1) is 0 Å². The van der Waals surface area contributed by atoms with Crippen LogP contribution in [0.4, 0.5) is 4.39 Å². The number of nitrogens with zero attached hydrogens (tertiary/aromatic N) is 1. The minimum atomic E-state index is -0.534. The van der Waals surface area contributed by atoms with E-state index < -0.39 is 6.10 Å². The van der Waals surface area contributed by atoms with E-state index in [1.54, 1.807) is 12.1 Å².